The van der Waals surface area contributed by atoms with Gasteiger partial charge in [0.2, 0.25) is 0 Å². The largest absolute Gasteiger partial charge is 0.370 e. The lowest BCUT2D eigenvalue weighted by Crippen LogP contribution is -2.16. The van der Waals surface area contributed by atoms with Gasteiger partial charge in [-0.05, 0) is 12.0 Å². The van der Waals surface area contributed by atoms with E-state index in [0.29, 0.717) is 18.0 Å². The monoisotopic (exact) mass is 284 g/mol. The number of H-pyrrole nitrogens is 1. The molecule has 0 saturated heterocycles. The van der Waals surface area contributed by atoms with Gasteiger partial charge in [0.25, 0.3) is 0 Å². The van der Waals surface area contributed by atoms with E-state index in [1.54, 1.807) is 6.07 Å². The maximum atomic E-state index is 11.3. The van der Waals surface area contributed by atoms with Crippen LogP contribution in [0.15, 0.2) is 47.5 Å². The molecule has 2 heterocycles. The van der Waals surface area contributed by atoms with Gasteiger partial charge in [-0.2, -0.15) is 5.10 Å². The Morgan fingerprint density at radius 2 is 2.14 bits per heavy atom. The number of rotatable bonds is 5. The van der Waals surface area contributed by atoms with E-state index in [2.05, 4.69) is 20.5 Å². The average Bonchev–Trinajstić information content (AvgIpc) is 2.89. The fraction of sp³-hybridized carbons (Fsp3) is 0.214. The molecule has 21 heavy (non-hydrogen) atoms. The van der Waals surface area contributed by atoms with Crippen LogP contribution in [0.25, 0.3) is 5.65 Å². The topological polar surface area (TPSA) is 101 Å². The molecule has 108 valence electrons. The highest BCUT2D eigenvalue weighted by Gasteiger charge is 2.06. The van der Waals surface area contributed by atoms with Crippen molar-refractivity contribution >= 4 is 11.5 Å². The zero-order valence-corrected chi connectivity index (χ0v) is 11.4. The number of hydrogen-bond acceptors (Lipinski definition) is 5. The first-order valence-electron chi connectivity index (χ1n) is 6.71. The lowest BCUT2D eigenvalue weighted by atomic mass is 10.1. The highest BCUT2D eigenvalue weighted by molar-refractivity contribution is 5.48. The lowest BCUT2D eigenvalue weighted by Gasteiger charge is -2.12. The highest BCUT2D eigenvalue weighted by Crippen LogP contribution is 2.13. The third-order valence-electron chi connectivity index (χ3n) is 3.30. The molecule has 0 bridgehead atoms. The van der Waals surface area contributed by atoms with Crippen molar-refractivity contribution in [2.24, 2.45) is 5.73 Å². The van der Waals surface area contributed by atoms with Crippen LogP contribution >= 0.6 is 0 Å². The second-order valence-corrected chi connectivity index (χ2v) is 4.76. The van der Waals surface area contributed by atoms with Gasteiger partial charge in [0, 0.05) is 18.7 Å². The van der Waals surface area contributed by atoms with E-state index in [1.807, 2.05) is 30.3 Å². The zero-order chi connectivity index (χ0) is 14.7. The van der Waals surface area contributed by atoms with Crippen LogP contribution in [0.3, 0.4) is 0 Å². The quantitative estimate of drug-likeness (QED) is 0.646. The van der Waals surface area contributed by atoms with Crippen molar-refractivity contribution in [3.05, 3.63) is 58.8 Å². The molecule has 0 saturated carbocycles. The fourth-order valence-electron chi connectivity index (χ4n) is 2.13. The summed E-state index contributed by atoms with van der Waals surface area (Å²) >= 11 is 0. The third-order valence-corrected chi connectivity index (χ3v) is 3.30. The van der Waals surface area contributed by atoms with Gasteiger partial charge in [-0.25, -0.2) is 19.3 Å². The first-order chi connectivity index (χ1) is 10.2. The highest BCUT2D eigenvalue weighted by atomic mass is 16.1. The van der Waals surface area contributed by atoms with Crippen molar-refractivity contribution in [3.8, 4) is 0 Å². The van der Waals surface area contributed by atoms with Crippen molar-refractivity contribution in [2.45, 2.75) is 12.5 Å². The number of hydrogen-bond donors (Lipinski definition) is 3. The molecular formula is C14H16N6O. The van der Waals surface area contributed by atoms with E-state index in [4.69, 9.17) is 5.73 Å². The first-order valence-corrected chi connectivity index (χ1v) is 6.71. The van der Waals surface area contributed by atoms with Crippen LogP contribution in [0, 0.1) is 0 Å². The van der Waals surface area contributed by atoms with Gasteiger partial charge in [-0.1, -0.05) is 30.3 Å². The van der Waals surface area contributed by atoms with E-state index >= 15 is 0 Å². The molecular weight excluding hydrogens is 268 g/mol. The molecule has 1 unspecified atom stereocenters. The Labute approximate surface area is 120 Å². The molecule has 0 aliphatic heterocycles. The maximum absolute atomic E-state index is 11.3. The smallest absolute Gasteiger partial charge is 0.348 e. The van der Waals surface area contributed by atoms with Gasteiger partial charge < -0.3 is 11.1 Å². The van der Waals surface area contributed by atoms with Crippen molar-refractivity contribution in [3.63, 3.8) is 0 Å². The van der Waals surface area contributed by atoms with Gasteiger partial charge in [-0.15, -0.1) is 0 Å². The minimum atomic E-state index is -0.296. The number of benzene rings is 1. The van der Waals surface area contributed by atoms with E-state index in [-0.39, 0.29) is 11.7 Å². The van der Waals surface area contributed by atoms with E-state index in [1.165, 1.54) is 10.7 Å². The SMILES string of the molecule is NC(CCNc1cc2n[nH]c(=O)n2cn1)c1ccccc1. The predicted molar refractivity (Wildman–Crippen MR) is 80.1 cm³/mol. The van der Waals surface area contributed by atoms with E-state index in [0.717, 1.165) is 12.0 Å². The summed E-state index contributed by atoms with van der Waals surface area (Å²) in [6.45, 7) is 0.688. The molecule has 3 rings (SSSR count). The fourth-order valence-corrected chi connectivity index (χ4v) is 2.13. The Hall–Kier alpha value is -2.67. The van der Waals surface area contributed by atoms with Crippen LogP contribution in [0.5, 0.6) is 0 Å². The Kier molecular flexibility index (Phi) is 3.65. The van der Waals surface area contributed by atoms with Gasteiger partial charge in [0.15, 0.2) is 5.65 Å². The molecule has 7 heteroatoms. The Bertz CT molecular complexity index is 779. The van der Waals surface area contributed by atoms with Gasteiger partial charge in [0.05, 0.1) is 0 Å². The minimum Gasteiger partial charge on any atom is -0.370 e. The molecule has 0 amide bonds. The van der Waals surface area contributed by atoms with Gasteiger partial charge in [0.1, 0.15) is 12.1 Å². The second kappa shape index (κ2) is 5.76. The van der Waals surface area contributed by atoms with E-state index in [9.17, 15) is 4.79 Å². The van der Waals surface area contributed by atoms with Crippen molar-refractivity contribution in [2.75, 3.05) is 11.9 Å². The molecule has 0 fully saturated rings. The summed E-state index contributed by atoms with van der Waals surface area (Å²) in [5, 5.41) is 9.45. The summed E-state index contributed by atoms with van der Waals surface area (Å²) in [7, 11) is 0. The molecule has 0 aliphatic carbocycles. The first kappa shape index (κ1) is 13.3. The minimum absolute atomic E-state index is 0.0181. The maximum Gasteiger partial charge on any atom is 0.348 e. The normalized spacial score (nSPS) is 12.4. The number of anilines is 1. The molecule has 0 spiro atoms. The number of nitrogens with two attached hydrogens (primary N) is 1. The summed E-state index contributed by atoms with van der Waals surface area (Å²) in [6.07, 6.45) is 2.23. The molecule has 1 atom stereocenters. The number of aromatic nitrogens is 4. The summed E-state index contributed by atoms with van der Waals surface area (Å²) in [4.78, 5) is 15.5. The van der Waals surface area contributed by atoms with Crippen molar-refractivity contribution in [1.29, 1.82) is 0 Å². The van der Waals surface area contributed by atoms with E-state index < -0.39 is 0 Å². The van der Waals surface area contributed by atoms with Gasteiger partial charge in [-0.3, -0.25) is 0 Å². The average molecular weight is 284 g/mol. The molecule has 4 N–H and O–H groups in total. The molecule has 0 radical (unpaired) electrons. The van der Waals surface area contributed by atoms with Gasteiger partial charge >= 0.3 is 5.69 Å². The van der Waals surface area contributed by atoms with Crippen LogP contribution in [-0.4, -0.2) is 26.1 Å². The van der Waals surface area contributed by atoms with Crippen LogP contribution < -0.4 is 16.7 Å². The Balaban J connectivity index is 1.60. The summed E-state index contributed by atoms with van der Waals surface area (Å²) in [5.74, 6) is 0.668. The van der Waals surface area contributed by atoms with Crippen LogP contribution in [0.2, 0.25) is 0 Å². The lowest BCUT2D eigenvalue weighted by molar-refractivity contribution is 0.674. The third kappa shape index (κ3) is 2.92. The molecule has 0 aliphatic rings. The summed E-state index contributed by atoms with van der Waals surface area (Å²) in [6, 6.07) is 11.7. The Morgan fingerprint density at radius 3 is 2.95 bits per heavy atom. The zero-order valence-electron chi connectivity index (χ0n) is 11.4. The molecule has 7 nitrogen and oxygen atoms in total. The van der Waals surface area contributed by atoms with Crippen LogP contribution in [0.4, 0.5) is 5.82 Å². The molecule has 1 aromatic carbocycles. The number of fused-ring (bicyclic) bond motifs is 1. The standard InChI is InChI=1S/C14H16N6O/c15-11(10-4-2-1-3-5-10)6-7-16-12-8-13-18-19-14(21)20(13)9-17-12/h1-5,8-9,11,16H,6-7,15H2,(H,19,21). The molecule has 2 aromatic heterocycles. The second-order valence-electron chi connectivity index (χ2n) is 4.76. The number of nitrogens with one attached hydrogen (secondary N) is 2. The van der Waals surface area contributed by atoms with Crippen LogP contribution in [0.1, 0.15) is 18.0 Å². The Morgan fingerprint density at radius 1 is 1.33 bits per heavy atom. The van der Waals surface area contributed by atoms with Crippen molar-refractivity contribution in [1.82, 2.24) is 19.6 Å². The number of aromatic amines is 1. The van der Waals surface area contributed by atoms with Crippen molar-refractivity contribution < 1.29 is 0 Å². The molecule has 3 aromatic rings. The number of nitrogens with zero attached hydrogens (tertiary/aromatic N) is 3. The predicted octanol–water partition coefficient (Wildman–Crippen LogP) is 0.920. The summed E-state index contributed by atoms with van der Waals surface area (Å²) in [5.41, 5.74) is 7.48. The van der Waals surface area contributed by atoms with Crippen LogP contribution in [-0.2, 0) is 0 Å². The summed E-state index contributed by atoms with van der Waals surface area (Å²) < 4.78 is 1.35.